The van der Waals surface area contributed by atoms with Gasteiger partial charge in [0.2, 0.25) is 5.91 Å². The van der Waals surface area contributed by atoms with Crippen LogP contribution in [0, 0.1) is 0 Å². The molecule has 0 aromatic carbocycles. The molecule has 0 unspecified atom stereocenters. The molecule has 0 saturated heterocycles. The summed E-state index contributed by atoms with van der Waals surface area (Å²) < 4.78 is 0. The number of hydrogen-bond donors (Lipinski definition) is 2. The van der Waals surface area contributed by atoms with E-state index in [0.717, 1.165) is 6.42 Å². The summed E-state index contributed by atoms with van der Waals surface area (Å²) in [6.07, 6.45) is 1.17. The highest BCUT2D eigenvalue weighted by atomic mass is 16.2. The van der Waals surface area contributed by atoms with E-state index in [1.807, 2.05) is 6.92 Å². The number of amides is 2. The number of rotatable bonds is 3. The van der Waals surface area contributed by atoms with Crippen LogP contribution >= 0.6 is 0 Å². The predicted octanol–water partition coefficient (Wildman–Crippen LogP) is 0.510. The topological polar surface area (TPSA) is 58.2 Å². The van der Waals surface area contributed by atoms with Crippen LogP contribution in [0.1, 0.15) is 26.7 Å². The van der Waals surface area contributed by atoms with Crippen molar-refractivity contribution in [1.82, 2.24) is 10.9 Å². The standard InChI is InChI=1S/C8H14N2O2/c1-4-5-7(11)9-10-8(12)6(2)3/h2,4-5H2,1,3H3,(H,9,11)(H,10,12). The van der Waals surface area contributed by atoms with Crippen molar-refractivity contribution in [2.45, 2.75) is 26.7 Å². The average Bonchev–Trinajstić information content (AvgIpc) is 2.00. The maximum Gasteiger partial charge on any atom is 0.264 e. The van der Waals surface area contributed by atoms with E-state index in [1.54, 1.807) is 6.92 Å². The molecule has 0 rings (SSSR count). The highest BCUT2D eigenvalue weighted by Gasteiger charge is 2.02. The molecule has 0 radical (unpaired) electrons. The van der Waals surface area contributed by atoms with Crippen molar-refractivity contribution in [1.29, 1.82) is 0 Å². The summed E-state index contributed by atoms with van der Waals surface area (Å²) in [7, 11) is 0. The normalized spacial score (nSPS) is 8.83. The number of hydrogen-bond acceptors (Lipinski definition) is 2. The van der Waals surface area contributed by atoms with Crippen molar-refractivity contribution in [2.75, 3.05) is 0 Å². The molecule has 0 atom stereocenters. The maximum atomic E-state index is 10.8. The van der Waals surface area contributed by atoms with Crippen LogP contribution in [0.3, 0.4) is 0 Å². The second kappa shape index (κ2) is 5.35. The lowest BCUT2D eigenvalue weighted by Crippen LogP contribution is -2.41. The van der Waals surface area contributed by atoms with Gasteiger partial charge in [-0.2, -0.15) is 0 Å². The fourth-order valence-corrected chi connectivity index (χ4v) is 0.523. The Morgan fingerprint density at radius 3 is 2.33 bits per heavy atom. The van der Waals surface area contributed by atoms with Gasteiger partial charge in [0.1, 0.15) is 0 Å². The maximum absolute atomic E-state index is 10.8. The first-order valence-electron chi connectivity index (χ1n) is 3.82. The molecular weight excluding hydrogens is 156 g/mol. The van der Waals surface area contributed by atoms with Gasteiger partial charge in [0.25, 0.3) is 5.91 Å². The highest BCUT2D eigenvalue weighted by molar-refractivity contribution is 5.93. The lowest BCUT2D eigenvalue weighted by molar-refractivity contribution is -0.127. The Kier molecular flexibility index (Phi) is 4.76. The van der Waals surface area contributed by atoms with Gasteiger partial charge in [0, 0.05) is 12.0 Å². The average molecular weight is 170 g/mol. The van der Waals surface area contributed by atoms with Crippen molar-refractivity contribution in [3.63, 3.8) is 0 Å². The predicted molar refractivity (Wildman–Crippen MR) is 46.0 cm³/mol. The van der Waals surface area contributed by atoms with E-state index < -0.39 is 0 Å². The zero-order valence-corrected chi connectivity index (χ0v) is 7.44. The second-order valence-corrected chi connectivity index (χ2v) is 2.53. The zero-order valence-electron chi connectivity index (χ0n) is 7.44. The summed E-state index contributed by atoms with van der Waals surface area (Å²) in [4.78, 5) is 21.6. The third kappa shape index (κ3) is 4.49. The summed E-state index contributed by atoms with van der Waals surface area (Å²) in [5.74, 6) is -0.549. The Hall–Kier alpha value is -1.32. The first kappa shape index (κ1) is 10.7. The van der Waals surface area contributed by atoms with E-state index in [1.165, 1.54) is 0 Å². The molecule has 0 saturated carbocycles. The van der Waals surface area contributed by atoms with Gasteiger partial charge in [-0.15, -0.1) is 0 Å². The fraction of sp³-hybridized carbons (Fsp3) is 0.500. The van der Waals surface area contributed by atoms with Crippen LogP contribution in [0.4, 0.5) is 0 Å². The van der Waals surface area contributed by atoms with Crippen LogP contribution in [0.25, 0.3) is 0 Å². The first-order valence-corrected chi connectivity index (χ1v) is 3.82. The molecule has 0 aromatic heterocycles. The summed E-state index contributed by atoms with van der Waals surface area (Å²) in [5, 5.41) is 0. The van der Waals surface area contributed by atoms with Crippen molar-refractivity contribution in [2.24, 2.45) is 0 Å². The van der Waals surface area contributed by atoms with Crippen LogP contribution in [-0.4, -0.2) is 11.8 Å². The molecule has 0 aliphatic heterocycles. The lowest BCUT2D eigenvalue weighted by Gasteiger charge is -2.05. The number of carbonyl (C=O) groups excluding carboxylic acids is 2. The number of carbonyl (C=O) groups is 2. The molecule has 0 spiro atoms. The van der Waals surface area contributed by atoms with E-state index in [4.69, 9.17) is 0 Å². The highest BCUT2D eigenvalue weighted by Crippen LogP contribution is 1.86. The molecule has 0 fully saturated rings. The number of nitrogens with one attached hydrogen (secondary N) is 2. The quantitative estimate of drug-likeness (QED) is 0.479. The Morgan fingerprint density at radius 2 is 1.92 bits per heavy atom. The Labute approximate surface area is 72.0 Å². The van der Waals surface area contributed by atoms with Crippen molar-refractivity contribution >= 4 is 11.8 Å². The fourth-order valence-electron chi connectivity index (χ4n) is 0.523. The molecule has 68 valence electrons. The van der Waals surface area contributed by atoms with Crippen LogP contribution < -0.4 is 10.9 Å². The van der Waals surface area contributed by atoms with Gasteiger partial charge < -0.3 is 0 Å². The van der Waals surface area contributed by atoms with E-state index in [9.17, 15) is 9.59 Å². The summed E-state index contributed by atoms with van der Waals surface area (Å²) in [6.45, 7) is 6.88. The lowest BCUT2D eigenvalue weighted by atomic mass is 10.3. The largest absolute Gasteiger partial charge is 0.273 e. The summed E-state index contributed by atoms with van der Waals surface area (Å²) in [6, 6.07) is 0. The van der Waals surface area contributed by atoms with E-state index in [2.05, 4.69) is 17.4 Å². The third-order valence-corrected chi connectivity index (χ3v) is 1.18. The first-order chi connectivity index (χ1) is 5.57. The second-order valence-electron chi connectivity index (χ2n) is 2.53. The molecule has 12 heavy (non-hydrogen) atoms. The Morgan fingerprint density at radius 1 is 1.33 bits per heavy atom. The van der Waals surface area contributed by atoms with Crippen LogP contribution in [-0.2, 0) is 9.59 Å². The minimum absolute atomic E-state index is 0.188. The van der Waals surface area contributed by atoms with Crippen molar-refractivity contribution in [3.8, 4) is 0 Å². The zero-order chi connectivity index (χ0) is 9.56. The Balaban J connectivity index is 3.61. The molecule has 0 heterocycles. The Bertz CT molecular complexity index is 199. The molecule has 2 amide bonds. The van der Waals surface area contributed by atoms with Gasteiger partial charge in [0.05, 0.1) is 0 Å². The van der Waals surface area contributed by atoms with Crippen LogP contribution in [0.15, 0.2) is 12.2 Å². The minimum Gasteiger partial charge on any atom is -0.273 e. The van der Waals surface area contributed by atoms with E-state index in [-0.39, 0.29) is 11.8 Å². The van der Waals surface area contributed by atoms with Gasteiger partial charge >= 0.3 is 0 Å². The number of hydrazine groups is 1. The van der Waals surface area contributed by atoms with E-state index in [0.29, 0.717) is 12.0 Å². The molecule has 4 heteroatoms. The minimum atomic E-state index is -0.362. The van der Waals surface area contributed by atoms with Gasteiger partial charge in [-0.05, 0) is 13.3 Å². The van der Waals surface area contributed by atoms with Gasteiger partial charge in [-0.3, -0.25) is 20.4 Å². The molecule has 0 aliphatic rings. The SMILES string of the molecule is C=C(C)C(=O)NNC(=O)CCC. The third-order valence-electron chi connectivity index (χ3n) is 1.18. The van der Waals surface area contributed by atoms with Crippen LogP contribution in [0.2, 0.25) is 0 Å². The smallest absolute Gasteiger partial charge is 0.264 e. The van der Waals surface area contributed by atoms with Crippen LogP contribution in [0.5, 0.6) is 0 Å². The van der Waals surface area contributed by atoms with E-state index >= 15 is 0 Å². The molecular formula is C8H14N2O2. The van der Waals surface area contributed by atoms with Gasteiger partial charge in [0.15, 0.2) is 0 Å². The molecule has 4 nitrogen and oxygen atoms in total. The van der Waals surface area contributed by atoms with Crippen molar-refractivity contribution < 1.29 is 9.59 Å². The van der Waals surface area contributed by atoms with Crippen molar-refractivity contribution in [3.05, 3.63) is 12.2 Å². The van der Waals surface area contributed by atoms with Gasteiger partial charge in [-0.1, -0.05) is 13.5 Å². The molecule has 0 aromatic rings. The molecule has 0 aliphatic carbocycles. The molecule has 2 N–H and O–H groups in total. The summed E-state index contributed by atoms with van der Waals surface area (Å²) in [5.41, 5.74) is 4.86. The molecule has 0 bridgehead atoms. The summed E-state index contributed by atoms with van der Waals surface area (Å²) >= 11 is 0. The van der Waals surface area contributed by atoms with Gasteiger partial charge in [-0.25, -0.2) is 0 Å². The monoisotopic (exact) mass is 170 g/mol.